The molecule has 0 atom stereocenters. The Morgan fingerprint density at radius 3 is 2.70 bits per heavy atom. The monoisotopic (exact) mass is 277 g/mol. The second-order valence-corrected chi connectivity index (χ2v) is 4.93. The number of hydrogen-bond acceptors (Lipinski definition) is 4. The molecule has 1 aromatic rings. The van der Waals surface area contributed by atoms with Crippen LogP contribution in [0, 0.1) is 5.92 Å². The number of furan rings is 1. The molecule has 1 aliphatic rings. The van der Waals surface area contributed by atoms with E-state index in [1.165, 1.54) is 13.2 Å². The Bertz CT molecular complexity index is 470. The Morgan fingerprint density at radius 2 is 2.10 bits per heavy atom. The molecule has 20 heavy (non-hydrogen) atoms. The molecule has 1 fully saturated rings. The van der Waals surface area contributed by atoms with Crippen molar-refractivity contribution in [3.63, 3.8) is 0 Å². The molecule has 1 saturated carbocycles. The van der Waals surface area contributed by atoms with Gasteiger partial charge in [0, 0.05) is 12.1 Å². The lowest BCUT2D eigenvalue weighted by Gasteiger charge is -2.27. The Kier molecular flexibility index (Phi) is 4.98. The van der Waals surface area contributed by atoms with Crippen LogP contribution in [0.5, 0.6) is 0 Å². The van der Waals surface area contributed by atoms with E-state index in [9.17, 15) is 9.59 Å². The average Bonchev–Trinajstić information content (AvgIpc) is 2.98. The van der Waals surface area contributed by atoms with Crippen LogP contribution >= 0.6 is 0 Å². The fourth-order valence-corrected chi connectivity index (χ4v) is 2.43. The lowest BCUT2D eigenvalue weighted by atomic mass is 9.86. The highest BCUT2D eigenvalue weighted by atomic mass is 16.5. The first kappa shape index (κ1) is 14.4. The average molecular weight is 277 g/mol. The minimum atomic E-state index is -0.146. The fraction of sp³-hybridized carbons (Fsp3) is 0.467. The zero-order valence-corrected chi connectivity index (χ0v) is 11.5. The van der Waals surface area contributed by atoms with Gasteiger partial charge in [0.1, 0.15) is 5.76 Å². The number of methoxy groups -OCH3 is 1. The zero-order valence-electron chi connectivity index (χ0n) is 11.5. The summed E-state index contributed by atoms with van der Waals surface area (Å²) in [4.78, 5) is 23.1. The molecule has 0 unspecified atom stereocenters. The van der Waals surface area contributed by atoms with E-state index >= 15 is 0 Å². The third kappa shape index (κ3) is 3.98. The van der Waals surface area contributed by atoms with Gasteiger partial charge in [0.25, 0.3) is 0 Å². The molecule has 1 heterocycles. The van der Waals surface area contributed by atoms with E-state index in [1.54, 1.807) is 24.5 Å². The number of esters is 1. The molecule has 5 nitrogen and oxygen atoms in total. The fourth-order valence-electron chi connectivity index (χ4n) is 2.43. The summed E-state index contributed by atoms with van der Waals surface area (Å²) >= 11 is 0. The summed E-state index contributed by atoms with van der Waals surface area (Å²) < 4.78 is 9.85. The molecule has 108 valence electrons. The van der Waals surface area contributed by atoms with Gasteiger partial charge in [-0.25, -0.2) is 0 Å². The van der Waals surface area contributed by atoms with Crippen LogP contribution in [0.4, 0.5) is 0 Å². The van der Waals surface area contributed by atoms with Crippen molar-refractivity contribution in [2.45, 2.75) is 31.7 Å². The summed E-state index contributed by atoms with van der Waals surface area (Å²) in [6.07, 6.45) is 7.80. The van der Waals surface area contributed by atoms with Gasteiger partial charge in [0.05, 0.1) is 19.3 Å². The van der Waals surface area contributed by atoms with Gasteiger partial charge in [-0.2, -0.15) is 0 Å². The molecule has 1 N–H and O–H groups in total. The highest BCUT2D eigenvalue weighted by molar-refractivity contribution is 5.91. The number of carbonyl (C=O) groups is 2. The third-order valence-electron chi connectivity index (χ3n) is 3.55. The van der Waals surface area contributed by atoms with Crippen LogP contribution < -0.4 is 5.32 Å². The lowest BCUT2D eigenvalue weighted by molar-refractivity contribution is -0.146. The number of ether oxygens (including phenoxy) is 1. The summed E-state index contributed by atoms with van der Waals surface area (Å²) in [6.45, 7) is 0. The van der Waals surface area contributed by atoms with Gasteiger partial charge in [-0.3, -0.25) is 9.59 Å². The number of rotatable bonds is 4. The first-order valence-electron chi connectivity index (χ1n) is 6.79. The van der Waals surface area contributed by atoms with E-state index in [4.69, 9.17) is 9.15 Å². The van der Waals surface area contributed by atoms with Gasteiger partial charge in [-0.1, -0.05) is 0 Å². The highest BCUT2D eigenvalue weighted by Crippen LogP contribution is 2.25. The van der Waals surface area contributed by atoms with E-state index in [2.05, 4.69) is 5.32 Å². The first-order valence-corrected chi connectivity index (χ1v) is 6.79. The van der Waals surface area contributed by atoms with Crippen molar-refractivity contribution in [3.8, 4) is 0 Å². The summed E-state index contributed by atoms with van der Waals surface area (Å²) in [5.41, 5.74) is 0. The number of nitrogens with one attached hydrogen (secondary N) is 1. The van der Waals surface area contributed by atoms with Gasteiger partial charge in [-0.05, 0) is 43.9 Å². The second kappa shape index (κ2) is 6.93. The SMILES string of the molecule is COC(=O)C1CCC(NC(=O)/C=C/c2ccco2)CC1. The summed E-state index contributed by atoms with van der Waals surface area (Å²) in [5, 5.41) is 2.94. The number of amides is 1. The van der Waals surface area contributed by atoms with Gasteiger partial charge in [-0.15, -0.1) is 0 Å². The zero-order chi connectivity index (χ0) is 14.4. The maximum atomic E-state index is 11.7. The molecular weight excluding hydrogens is 258 g/mol. The molecule has 1 aliphatic carbocycles. The Balaban J connectivity index is 1.75. The van der Waals surface area contributed by atoms with Crippen molar-refractivity contribution in [2.24, 2.45) is 5.92 Å². The van der Waals surface area contributed by atoms with Crippen LogP contribution in [0.15, 0.2) is 28.9 Å². The van der Waals surface area contributed by atoms with E-state index in [-0.39, 0.29) is 23.8 Å². The molecule has 2 rings (SSSR count). The van der Waals surface area contributed by atoms with Crippen LogP contribution in [0.1, 0.15) is 31.4 Å². The normalized spacial score (nSPS) is 22.6. The maximum absolute atomic E-state index is 11.7. The molecule has 5 heteroatoms. The van der Waals surface area contributed by atoms with Crippen LogP contribution in [-0.4, -0.2) is 25.0 Å². The van der Waals surface area contributed by atoms with Crippen molar-refractivity contribution >= 4 is 18.0 Å². The molecule has 0 spiro atoms. The first-order chi connectivity index (χ1) is 9.69. The quantitative estimate of drug-likeness (QED) is 0.676. The van der Waals surface area contributed by atoms with Crippen molar-refractivity contribution in [3.05, 3.63) is 30.2 Å². The van der Waals surface area contributed by atoms with E-state index in [0.29, 0.717) is 5.76 Å². The van der Waals surface area contributed by atoms with Crippen LogP contribution in [0.3, 0.4) is 0 Å². The Labute approximate surface area is 118 Å². The smallest absolute Gasteiger partial charge is 0.308 e. The predicted molar refractivity (Wildman–Crippen MR) is 73.6 cm³/mol. The maximum Gasteiger partial charge on any atom is 0.308 e. The predicted octanol–water partition coefficient (Wildman–Crippen LogP) is 2.14. The molecule has 1 amide bonds. The number of hydrogen-bond donors (Lipinski definition) is 1. The molecule has 1 aromatic heterocycles. The molecule has 0 radical (unpaired) electrons. The molecule has 0 bridgehead atoms. The van der Waals surface area contributed by atoms with Gasteiger partial charge in [0.2, 0.25) is 5.91 Å². The van der Waals surface area contributed by atoms with Crippen LogP contribution in [-0.2, 0) is 14.3 Å². The van der Waals surface area contributed by atoms with Gasteiger partial charge in [0.15, 0.2) is 0 Å². The van der Waals surface area contributed by atoms with Crippen LogP contribution in [0.25, 0.3) is 6.08 Å². The van der Waals surface area contributed by atoms with Crippen molar-refractivity contribution in [1.82, 2.24) is 5.32 Å². The molecule has 0 saturated heterocycles. The Morgan fingerprint density at radius 1 is 1.35 bits per heavy atom. The standard InChI is InChI=1S/C15H19NO4/c1-19-15(18)11-4-6-12(7-5-11)16-14(17)9-8-13-3-2-10-20-13/h2-3,8-12H,4-7H2,1H3,(H,16,17)/b9-8+. The third-order valence-corrected chi connectivity index (χ3v) is 3.55. The Hall–Kier alpha value is -2.04. The van der Waals surface area contributed by atoms with Gasteiger partial charge >= 0.3 is 5.97 Å². The van der Waals surface area contributed by atoms with Crippen molar-refractivity contribution in [1.29, 1.82) is 0 Å². The largest absolute Gasteiger partial charge is 0.469 e. The minimum Gasteiger partial charge on any atom is -0.469 e. The van der Waals surface area contributed by atoms with Crippen molar-refractivity contribution < 1.29 is 18.7 Å². The highest BCUT2D eigenvalue weighted by Gasteiger charge is 2.27. The van der Waals surface area contributed by atoms with E-state index in [1.807, 2.05) is 0 Å². The van der Waals surface area contributed by atoms with Gasteiger partial charge < -0.3 is 14.5 Å². The lowest BCUT2D eigenvalue weighted by Crippen LogP contribution is -2.38. The molecular formula is C15H19NO4. The van der Waals surface area contributed by atoms with E-state index < -0.39 is 0 Å². The summed E-state index contributed by atoms with van der Waals surface area (Å²) in [5.74, 6) is 0.344. The topological polar surface area (TPSA) is 68.5 Å². The van der Waals surface area contributed by atoms with E-state index in [0.717, 1.165) is 25.7 Å². The van der Waals surface area contributed by atoms with Crippen molar-refractivity contribution in [2.75, 3.05) is 7.11 Å². The summed E-state index contributed by atoms with van der Waals surface area (Å²) in [6, 6.07) is 3.68. The minimum absolute atomic E-state index is 0.0215. The van der Waals surface area contributed by atoms with Crippen LogP contribution in [0.2, 0.25) is 0 Å². The molecule has 0 aromatic carbocycles. The molecule has 0 aliphatic heterocycles. The second-order valence-electron chi connectivity index (χ2n) is 4.93. The summed E-state index contributed by atoms with van der Waals surface area (Å²) in [7, 11) is 1.41. The number of carbonyl (C=O) groups excluding carboxylic acids is 2.